The average molecular weight is 273 g/mol. The number of benzene rings is 1. The number of fused-ring (bicyclic) bond motifs is 3. The number of pyridine rings is 1. The molecule has 4 nitrogen and oxygen atoms in total. The van der Waals surface area contributed by atoms with Crippen LogP contribution in [-0.4, -0.2) is 17.6 Å². The molecule has 0 bridgehead atoms. The van der Waals surface area contributed by atoms with Crippen LogP contribution in [0.15, 0.2) is 34.6 Å². The molecule has 0 saturated carbocycles. The fourth-order valence-electron chi connectivity index (χ4n) is 2.09. The Morgan fingerprint density at radius 2 is 2.21 bits per heavy atom. The van der Waals surface area contributed by atoms with E-state index in [4.69, 9.17) is 4.74 Å². The van der Waals surface area contributed by atoms with Crippen LogP contribution in [0, 0.1) is 0 Å². The number of hydrogen-bond donors (Lipinski definition) is 1. The number of esters is 1. The molecular weight excluding hydrogens is 262 g/mol. The van der Waals surface area contributed by atoms with Gasteiger partial charge in [0.1, 0.15) is 5.56 Å². The van der Waals surface area contributed by atoms with Crippen molar-refractivity contribution >= 4 is 38.3 Å². The van der Waals surface area contributed by atoms with Crippen molar-refractivity contribution in [3.63, 3.8) is 0 Å². The summed E-state index contributed by atoms with van der Waals surface area (Å²) in [6.45, 7) is 1.96. The molecule has 19 heavy (non-hydrogen) atoms. The van der Waals surface area contributed by atoms with E-state index >= 15 is 0 Å². The second-order valence-electron chi connectivity index (χ2n) is 4.08. The van der Waals surface area contributed by atoms with Gasteiger partial charge in [0.15, 0.2) is 0 Å². The van der Waals surface area contributed by atoms with Gasteiger partial charge in [-0.3, -0.25) is 4.79 Å². The predicted octanol–water partition coefficient (Wildman–Crippen LogP) is 2.92. The lowest BCUT2D eigenvalue weighted by Gasteiger charge is -2.04. The highest BCUT2D eigenvalue weighted by Gasteiger charge is 2.15. The van der Waals surface area contributed by atoms with Crippen molar-refractivity contribution in [2.24, 2.45) is 0 Å². The van der Waals surface area contributed by atoms with E-state index in [0.29, 0.717) is 5.39 Å². The van der Waals surface area contributed by atoms with Crippen molar-refractivity contribution in [3.05, 3.63) is 45.6 Å². The number of ether oxygens (including phenoxy) is 1. The standard InChI is InChI=1S/C14H11NO3S/c1-2-18-14(17)9-7-15-10-4-3-8-5-6-19-13(8)11(10)12(9)16/h3-7H,2H2,1H3,(H,15,16). The van der Waals surface area contributed by atoms with Crippen molar-refractivity contribution in [1.82, 2.24) is 4.98 Å². The molecule has 3 aromatic rings. The lowest BCUT2D eigenvalue weighted by atomic mass is 10.1. The summed E-state index contributed by atoms with van der Waals surface area (Å²) in [5.41, 5.74) is 0.503. The second kappa shape index (κ2) is 4.51. The summed E-state index contributed by atoms with van der Waals surface area (Å²) < 4.78 is 5.79. The topological polar surface area (TPSA) is 59.2 Å². The number of thiophene rings is 1. The van der Waals surface area contributed by atoms with Crippen molar-refractivity contribution < 1.29 is 9.53 Å². The third-order valence-electron chi connectivity index (χ3n) is 2.96. The zero-order chi connectivity index (χ0) is 13.4. The number of H-pyrrole nitrogens is 1. The number of nitrogens with one attached hydrogen (secondary N) is 1. The van der Waals surface area contributed by atoms with Crippen LogP contribution in [0.2, 0.25) is 0 Å². The van der Waals surface area contributed by atoms with Gasteiger partial charge in [-0.15, -0.1) is 11.3 Å². The first-order chi connectivity index (χ1) is 9.22. The molecule has 0 aliphatic heterocycles. The van der Waals surface area contributed by atoms with Gasteiger partial charge in [-0.1, -0.05) is 6.07 Å². The SMILES string of the molecule is CCOC(=O)c1c[nH]c2ccc3ccsc3c2c1=O. The largest absolute Gasteiger partial charge is 0.462 e. The van der Waals surface area contributed by atoms with E-state index in [-0.39, 0.29) is 17.6 Å². The maximum absolute atomic E-state index is 12.4. The summed E-state index contributed by atoms with van der Waals surface area (Å²) in [6.07, 6.45) is 1.42. The van der Waals surface area contributed by atoms with Crippen LogP contribution in [0.5, 0.6) is 0 Å². The molecule has 0 aliphatic carbocycles. The van der Waals surface area contributed by atoms with Crippen LogP contribution in [-0.2, 0) is 4.74 Å². The molecule has 1 aromatic carbocycles. The number of aromatic nitrogens is 1. The number of rotatable bonds is 2. The Kier molecular flexibility index (Phi) is 2.83. The van der Waals surface area contributed by atoms with Gasteiger partial charge in [0.2, 0.25) is 5.43 Å². The van der Waals surface area contributed by atoms with Crippen LogP contribution >= 0.6 is 11.3 Å². The highest BCUT2D eigenvalue weighted by molar-refractivity contribution is 7.18. The summed E-state index contributed by atoms with van der Waals surface area (Å²) in [5.74, 6) is -0.584. The first-order valence-corrected chi connectivity index (χ1v) is 6.79. The molecule has 5 heteroatoms. The molecular formula is C14H11NO3S. The number of aromatic amines is 1. The number of carbonyl (C=O) groups excluding carboxylic acids is 1. The lowest BCUT2D eigenvalue weighted by molar-refractivity contribution is 0.0524. The molecule has 0 spiro atoms. The van der Waals surface area contributed by atoms with Gasteiger partial charge in [-0.25, -0.2) is 4.79 Å². The normalized spacial score (nSPS) is 11.0. The fourth-order valence-corrected chi connectivity index (χ4v) is 3.03. The van der Waals surface area contributed by atoms with E-state index in [1.165, 1.54) is 17.5 Å². The van der Waals surface area contributed by atoms with Crippen LogP contribution in [0.1, 0.15) is 17.3 Å². The minimum absolute atomic E-state index is 0.0512. The Morgan fingerprint density at radius 3 is 3.00 bits per heavy atom. The van der Waals surface area contributed by atoms with Gasteiger partial charge >= 0.3 is 5.97 Å². The van der Waals surface area contributed by atoms with E-state index in [9.17, 15) is 9.59 Å². The molecule has 0 atom stereocenters. The minimum Gasteiger partial charge on any atom is -0.462 e. The zero-order valence-electron chi connectivity index (χ0n) is 10.2. The van der Waals surface area contributed by atoms with Crippen molar-refractivity contribution in [1.29, 1.82) is 0 Å². The summed E-state index contributed by atoms with van der Waals surface area (Å²) in [4.78, 5) is 27.2. The Bertz CT molecular complexity index is 831. The highest BCUT2D eigenvalue weighted by atomic mass is 32.1. The molecule has 2 aromatic heterocycles. The van der Waals surface area contributed by atoms with E-state index in [1.807, 2.05) is 23.6 Å². The Balaban J connectivity index is 2.36. The van der Waals surface area contributed by atoms with Crippen LogP contribution in [0.3, 0.4) is 0 Å². The smallest absolute Gasteiger partial charge is 0.343 e. The fraction of sp³-hybridized carbons (Fsp3) is 0.143. The maximum atomic E-state index is 12.4. The van der Waals surface area contributed by atoms with Crippen molar-refractivity contribution in [2.75, 3.05) is 6.61 Å². The zero-order valence-corrected chi connectivity index (χ0v) is 11.0. The summed E-state index contributed by atoms with van der Waals surface area (Å²) in [5, 5.41) is 3.49. The van der Waals surface area contributed by atoms with Crippen molar-refractivity contribution in [3.8, 4) is 0 Å². The quantitative estimate of drug-likeness (QED) is 0.730. The molecule has 0 aliphatic rings. The van der Waals surface area contributed by atoms with E-state index < -0.39 is 5.97 Å². The molecule has 0 unspecified atom stereocenters. The Morgan fingerprint density at radius 1 is 1.37 bits per heavy atom. The number of carbonyl (C=O) groups is 1. The van der Waals surface area contributed by atoms with Crippen molar-refractivity contribution in [2.45, 2.75) is 6.92 Å². The maximum Gasteiger partial charge on any atom is 0.343 e. The Hall–Kier alpha value is -2.14. The second-order valence-corrected chi connectivity index (χ2v) is 5.00. The third-order valence-corrected chi connectivity index (χ3v) is 3.91. The van der Waals surface area contributed by atoms with Crippen LogP contribution in [0.4, 0.5) is 0 Å². The van der Waals surface area contributed by atoms with E-state index in [0.717, 1.165) is 15.6 Å². The van der Waals surface area contributed by atoms with Gasteiger partial charge in [0, 0.05) is 10.9 Å². The van der Waals surface area contributed by atoms with Gasteiger partial charge in [-0.2, -0.15) is 0 Å². The molecule has 0 fully saturated rings. The molecule has 96 valence electrons. The molecule has 2 heterocycles. The average Bonchev–Trinajstić information content (AvgIpc) is 2.87. The van der Waals surface area contributed by atoms with E-state index in [2.05, 4.69) is 4.98 Å². The lowest BCUT2D eigenvalue weighted by Crippen LogP contribution is -2.18. The molecule has 3 rings (SSSR count). The number of hydrogen-bond acceptors (Lipinski definition) is 4. The first-order valence-electron chi connectivity index (χ1n) is 5.91. The van der Waals surface area contributed by atoms with Gasteiger partial charge in [0.25, 0.3) is 0 Å². The van der Waals surface area contributed by atoms with Gasteiger partial charge in [0.05, 0.1) is 17.5 Å². The van der Waals surface area contributed by atoms with Crippen LogP contribution < -0.4 is 5.43 Å². The minimum atomic E-state index is -0.584. The molecule has 0 radical (unpaired) electrons. The highest BCUT2D eigenvalue weighted by Crippen LogP contribution is 2.26. The molecule has 0 saturated heterocycles. The van der Waals surface area contributed by atoms with Gasteiger partial charge in [-0.05, 0) is 29.8 Å². The monoisotopic (exact) mass is 273 g/mol. The molecule has 0 amide bonds. The summed E-state index contributed by atoms with van der Waals surface area (Å²) >= 11 is 1.49. The first kappa shape index (κ1) is 11.9. The predicted molar refractivity (Wildman–Crippen MR) is 75.9 cm³/mol. The molecule has 1 N–H and O–H groups in total. The summed E-state index contributed by atoms with van der Waals surface area (Å²) in [7, 11) is 0. The van der Waals surface area contributed by atoms with Crippen LogP contribution in [0.25, 0.3) is 21.0 Å². The Labute approximate surface area is 112 Å². The van der Waals surface area contributed by atoms with Gasteiger partial charge < -0.3 is 9.72 Å². The van der Waals surface area contributed by atoms with E-state index in [1.54, 1.807) is 6.92 Å². The summed E-state index contributed by atoms with van der Waals surface area (Å²) in [6, 6.07) is 5.75. The third kappa shape index (κ3) is 1.82.